The summed E-state index contributed by atoms with van der Waals surface area (Å²) in [4.78, 5) is 46.0. The number of anilines is 2. The highest BCUT2D eigenvalue weighted by atomic mass is 35.5. The van der Waals surface area contributed by atoms with Crippen molar-refractivity contribution in [2.45, 2.75) is 13.0 Å². The van der Waals surface area contributed by atoms with Gasteiger partial charge in [-0.25, -0.2) is 18.6 Å². The number of carbonyl (C=O) groups is 2. The van der Waals surface area contributed by atoms with Crippen molar-refractivity contribution in [2.24, 2.45) is 0 Å². The number of nitrogens with zero attached hydrogens (tertiary/aromatic N) is 4. The van der Waals surface area contributed by atoms with Gasteiger partial charge in [-0.3, -0.25) is 14.2 Å². The molecule has 1 fully saturated rings. The first-order valence-corrected chi connectivity index (χ1v) is 12.8. The van der Waals surface area contributed by atoms with E-state index in [1.54, 1.807) is 19.1 Å². The van der Waals surface area contributed by atoms with Gasteiger partial charge in [-0.15, -0.1) is 0 Å². The van der Waals surface area contributed by atoms with Crippen LogP contribution in [-0.4, -0.2) is 57.2 Å². The third-order valence-electron chi connectivity index (χ3n) is 6.65. The lowest BCUT2D eigenvalue weighted by molar-refractivity contribution is 0.102. The normalized spacial score (nSPS) is 15.4. The SMILES string of the molecule is CC1CN(c2ccc3c(=O)c(C(=O)Nc4c(Cl)cccc4Cl)cn(-c4ccc(F)cc4F)c3n2)CCN1C(=O)O. The Morgan fingerprint density at radius 2 is 1.80 bits per heavy atom. The molecule has 0 radical (unpaired) electrons. The summed E-state index contributed by atoms with van der Waals surface area (Å²) in [5.74, 6) is -2.18. The lowest BCUT2D eigenvalue weighted by Crippen LogP contribution is -2.54. The van der Waals surface area contributed by atoms with Gasteiger partial charge in [0, 0.05) is 37.9 Å². The molecule has 1 unspecified atom stereocenters. The molecule has 1 aliphatic rings. The number of fused-ring (bicyclic) bond motifs is 1. The third-order valence-corrected chi connectivity index (χ3v) is 7.28. The zero-order valence-electron chi connectivity index (χ0n) is 20.9. The van der Waals surface area contributed by atoms with Crippen LogP contribution in [0.1, 0.15) is 17.3 Å². The van der Waals surface area contributed by atoms with E-state index in [4.69, 9.17) is 23.2 Å². The summed E-state index contributed by atoms with van der Waals surface area (Å²) in [6.45, 7) is 2.67. The molecule has 206 valence electrons. The molecule has 2 aromatic heterocycles. The molecule has 1 saturated heterocycles. The van der Waals surface area contributed by atoms with Crippen LogP contribution < -0.4 is 15.6 Å². The van der Waals surface area contributed by atoms with E-state index in [-0.39, 0.29) is 50.6 Å². The molecule has 1 atom stereocenters. The second-order valence-corrected chi connectivity index (χ2v) is 10.0. The Kier molecular flexibility index (Phi) is 7.35. The minimum atomic E-state index is -1.02. The minimum Gasteiger partial charge on any atom is -0.465 e. The van der Waals surface area contributed by atoms with E-state index in [2.05, 4.69) is 10.3 Å². The van der Waals surface area contributed by atoms with Crippen molar-refractivity contribution in [3.8, 4) is 5.69 Å². The predicted octanol–water partition coefficient (Wildman–Crippen LogP) is 5.41. The number of halogens is 4. The molecule has 0 bridgehead atoms. The summed E-state index contributed by atoms with van der Waals surface area (Å²) in [6.07, 6.45) is 0.103. The zero-order chi connectivity index (χ0) is 28.7. The van der Waals surface area contributed by atoms with Gasteiger partial charge in [0.2, 0.25) is 5.43 Å². The molecule has 9 nitrogen and oxygen atoms in total. The largest absolute Gasteiger partial charge is 0.465 e. The van der Waals surface area contributed by atoms with Crippen molar-refractivity contribution in [2.75, 3.05) is 29.9 Å². The number of pyridine rings is 2. The van der Waals surface area contributed by atoms with Crippen LogP contribution in [0.15, 0.2) is 59.5 Å². The summed E-state index contributed by atoms with van der Waals surface area (Å²) in [6, 6.07) is 10.2. The molecular formula is C27H21Cl2F2N5O4. The molecule has 4 aromatic rings. The van der Waals surface area contributed by atoms with E-state index in [9.17, 15) is 23.9 Å². The van der Waals surface area contributed by atoms with Crippen LogP contribution in [0.5, 0.6) is 0 Å². The molecule has 2 N–H and O–H groups in total. The summed E-state index contributed by atoms with van der Waals surface area (Å²) in [5.41, 5.74) is -1.07. The fraction of sp³-hybridized carbons (Fsp3) is 0.185. The quantitative estimate of drug-likeness (QED) is 0.330. The number of para-hydroxylation sites is 1. The molecule has 1 aliphatic heterocycles. The van der Waals surface area contributed by atoms with Gasteiger partial charge in [-0.05, 0) is 43.3 Å². The number of carbonyl (C=O) groups excluding carboxylic acids is 1. The Morgan fingerprint density at radius 3 is 2.45 bits per heavy atom. The van der Waals surface area contributed by atoms with E-state index in [1.807, 2.05) is 4.90 Å². The summed E-state index contributed by atoms with van der Waals surface area (Å²) in [7, 11) is 0. The van der Waals surface area contributed by atoms with E-state index in [0.717, 1.165) is 12.3 Å². The van der Waals surface area contributed by atoms with E-state index in [0.29, 0.717) is 25.0 Å². The van der Waals surface area contributed by atoms with Crippen molar-refractivity contribution in [3.05, 3.63) is 92.2 Å². The number of benzene rings is 2. The Hall–Kier alpha value is -4.22. The Balaban J connectivity index is 1.64. The van der Waals surface area contributed by atoms with Crippen LogP contribution >= 0.6 is 23.2 Å². The highest BCUT2D eigenvalue weighted by Gasteiger charge is 2.28. The van der Waals surface area contributed by atoms with Crippen molar-refractivity contribution >= 4 is 57.7 Å². The fourth-order valence-corrected chi connectivity index (χ4v) is 5.13. The third kappa shape index (κ3) is 5.05. The van der Waals surface area contributed by atoms with Gasteiger partial charge >= 0.3 is 6.09 Å². The zero-order valence-corrected chi connectivity index (χ0v) is 22.4. The molecule has 40 heavy (non-hydrogen) atoms. The Morgan fingerprint density at radius 1 is 1.07 bits per heavy atom. The predicted molar refractivity (Wildman–Crippen MR) is 148 cm³/mol. The number of rotatable bonds is 4. The van der Waals surface area contributed by atoms with Crippen LogP contribution in [0.3, 0.4) is 0 Å². The average molecular weight is 588 g/mol. The number of piperazine rings is 1. The first-order valence-electron chi connectivity index (χ1n) is 12.1. The first kappa shape index (κ1) is 27.4. The lowest BCUT2D eigenvalue weighted by atomic mass is 10.1. The fourth-order valence-electron chi connectivity index (χ4n) is 4.64. The summed E-state index contributed by atoms with van der Waals surface area (Å²) < 4.78 is 29.9. The standard InChI is InChI=1S/C27H21Cl2F2N5O4/c1-14-12-34(9-10-35(14)27(39)40)22-8-6-16-24(37)17(26(38)33-23-18(28)3-2-4-19(23)29)13-36(25(16)32-22)21-7-5-15(30)11-20(21)31/h2-8,11,13-14H,9-10,12H2,1H3,(H,33,38)(H,39,40). The second kappa shape index (κ2) is 10.7. The van der Waals surface area contributed by atoms with Crippen LogP contribution in [0.25, 0.3) is 16.7 Å². The molecule has 0 spiro atoms. The molecular weight excluding hydrogens is 567 g/mol. The molecule has 13 heteroatoms. The number of aromatic nitrogens is 2. The van der Waals surface area contributed by atoms with Crippen molar-refractivity contribution in [1.29, 1.82) is 0 Å². The first-order chi connectivity index (χ1) is 19.0. The van der Waals surface area contributed by atoms with Crippen molar-refractivity contribution in [3.63, 3.8) is 0 Å². The van der Waals surface area contributed by atoms with E-state index in [1.165, 1.54) is 33.7 Å². The van der Waals surface area contributed by atoms with E-state index < -0.39 is 29.1 Å². The monoisotopic (exact) mass is 587 g/mol. The van der Waals surface area contributed by atoms with Crippen LogP contribution in [0.4, 0.5) is 25.1 Å². The van der Waals surface area contributed by atoms with Gasteiger partial charge in [0.15, 0.2) is 5.65 Å². The topological polar surface area (TPSA) is 108 Å². The van der Waals surface area contributed by atoms with Crippen molar-refractivity contribution < 1.29 is 23.5 Å². The number of hydrogen-bond donors (Lipinski definition) is 2. The maximum Gasteiger partial charge on any atom is 0.407 e. The number of amides is 2. The van der Waals surface area contributed by atoms with Crippen molar-refractivity contribution in [1.82, 2.24) is 14.5 Å². The second-order valence-electron chi connectivity index (χ2n) is 9.20. The molecule has 5 rings (SSSR count). The maximum atomic E-state index is 15.0. The molecule has 3 heterocycles. The van der Waals surface area contributed by atoms with Gasteiger partial charge in [-0.2, -0.15) is 0 Å². The van der Waals surface area contributed by atoms with Crippen LogP contribution in [0, 0.1) is 11.6 Å². The molecule has 2 aromatic carbocycles. The van der Waals surface area contributed by atoms with E-state index >= 15 is 4.39 Å². The van der Waals surface area contributed by atoms with Crippen LogP contribution in [-0.2, 0) is 0 Å². The minimum absolute atomic E-state index is 0.00241. The highest BCUT2D eigenvalue weighted by molar-refractivity contribution is 6.40. The summed E-state index contributed by atoms with van der Waals surface area (Å²) in [5, 5.41) is 12.2. The highest BCUT2D eigenvalue weighted by Crippen LogP contribution is 2.30. The average Bonchev–Trinajstić information content (AvgIpc) is 2.91. The Bertz CT molecular complexity index is 1710. The smallest absolute Gasteiger partial charge is 0.407 e. The van der Waals surface area contributed by atoms with Crippen LogP contribution in [0.2, 0.25) is 10.0 Å². The molecule has 0 aliphatic carbocycles. The van der Waals surface area contributed by atoms with Gasteiger partial charge in [0.05, 0.1) is 26.8 Å². The molecule has 2 amide bonds. The summed E-state index contributed by atoms with van der Waals surface area (Å²) >= 11 is 12.3. The molecule has 0 saturated carbocycles. The van der Waals surface area contributed by atoms with Gasteiger partial charge in [0.25, 0.3) is 5.91 Å². The van der Waals surface area contributed by atoms with Gasteiger partial charge in [-0.1, -0.05) is 29.3 Å². The number of hydrogen-bond acceptors (Lipinski definition) is 5. The van der Waals surface area contributed by atoms with Gasteiger partial charge < -0.3 is 20.2 Å². The van der Waals surface area contributed by atoms with Gasteiger partial charge in [0.1, 0.15) is 23.0 Å². The number of carboxylic acid groups (broad SMARTS) is 1. The maximum absolute atomic E-state index is 15.0. The Labute approximate surface area is 236 Å². The number of nitrogens with one attached hydrogen (secondary N) is 1. The lowest BCUT2D eigenvalue weighted by Gasteiger charge is -2.38.